The van der Waals surface area contributed by atoms with Crippen molar-refractivity contribution in [2.45, 2.75) is 13.8 Å². The van der Waals surface area contributed by atoms with Gasteiger partial charge in [-0.3, -0.25) is 2.78 Å². The van der Waals surface area contributed by atoms with Crippen LogP contribution in [0.2, 0.25) is 0 Å². The van der Waals surface area contributed by atoms with E-state index >= 15 is 0 Å². The molecule has 0 amide bonds. The number of aryl methyl sites for hydroxylation is 2. The van der Waals surface area contributed by atoms with Crippen LogP contribution in [0.3, 0.4) is 0 Å². The Hall–Kier alpha value is -0.580. The molecule has 0 saturated heterocycles. The van der Waals surface area contributed by atoms with Crippen molar-refractivity contribution in [3.63, 3.8) is 0 Å². The van der Waals surface area contributed by atoms with Crippen LogP contribution in [0.5, 0.6) is 0 Å². The minimum Gasteiger partial charge on any atom is -0.271 e. The minimum absolute atomic E-state index is 1.08. The van der Waals surface area contributed by atoms with E-state index < -0.39 is 0 Å². The zero-order valence-corrected chi connectivity index (χ0v) is 9.16. The zero-order chi connectivity index (χ0) is 8.72. The lowest BCUT2D eigenvalue weighted by Crippen LogP contribution is -1.82. The fraction of sp³-hybridized carbons (Fsp3) is 0.222. The van der Waals surface area contributed by atoms with E-state index in [1.807, 2.05) is 9.11 Å². The Morgan fingerprint density at radius 2 is 1.92 bits per heavy atom. The number of imidazole rings is 1. The Bertz CT molecular complexity index is 431. The van der Waals surface area contributed by atoms with Crippen LogP contribution in [0.25, 0.3) is 11.0 Å². The van der Waals surface area contributed by atoms with Gasteiger partial charge >= 0.3 is 0 Å². The molecule has 0 aliphatic heterocycles. The predicted molar refractivity (Wildman–Crippen MR) is 58.6 cm³/mol. The third-order valence-corrected chi connectivity index (χ3v) is 2.89. The van der Waals surface area contributed by atoms with Crippen molar-refractivity contribution in [2.75, 3.05) is 0 Å². The Kier molecular flexibility index (Phi) is 1.83. The summed E-state index contributed by atoms with van der Waals surface area (Å²) in [6.07, 6.45) is 1.84. The second kappa shape index (κ2) is 2.73. The third kappa shape index (κ3) is 1.12. The summed E-state index contributed by atoms with van der Waals surface area (Å²) in [6.45, 7) is 4.24. The van der Waals surface area contributed by atoms with Crippen LogP contribution in [-0.2, 0) is 0 Å². The van der Waals surface area contributed by atoms with Crippen molar-refractivity contribution in [2.24, 2.45) is 0 Å². The fourth-order valence-electron chi connectivity index (χ4n) is 1.24. The molecule has 0 radical (unpaired) electrons. The summed E-state index contributed by atoms with van der Waals surface area (Å²) in [5.74, 6) is 0. The molecule has 2 rings (SSSR count). The van der Waals surface area contributed by atoms with Gasteiger partial charge in [0.25, 0.3) is 0 Å². The third-order valence-electron chi connectivity index (χ3n) is 2.12. The topological polar surface area (TPSA) is 17.8 Å². The van der Waals surface area contributed by atoms with Gasteiger partial charge in [0.1, 0.15) is 6.33 Å². The van der Waals surface area contributed by atoms with Gasteiger partial charge in [-0.1, -0.05) is 0 Å². The van der Waals surface area contributed by atoms with E-state index in [2.05, 4.69) is 53.8 Å². The van der Waals surface area contributed by atoms with Crippen LogP contribution in [0.4, 0.5) is 0 Å². The summed E-state index contributed by atoms with van der Waals surface area (Å²) in [6, 6.07) is 4.30. The van der Waals surface area contributed by atoms with E-state index in [1.54, 1.807) is 0 Å². The first-order valence-corrected chi connectivity index (χ1v) is 4.75. The van der Waals surface area contributed by atoms with Crippen LogP contribution in [0, 0.1) is 13.8 Å². The quantitative estimate of drug-likeness (QED) is 0.674. The van der Waals surface area contributed by atoms with E-state index in [1.165, 1.54) is 16.6 Å². The summed E-state index contributed by atoms with van der Waals surface area (Å²) in [5, 5.41) is 0. The van der Waals surface area contributed by atoms with Gasteiger partial charge < -0.3 is 0 Å². The van der Waals surface area contributed by atoms with Gasteiger partial charge in [0.15, 0.2) is 0 Å². The van der Waals surface area contributed by atoms with Crippen LogP contribution in [0.1, 0.15) is 11.1 Å². The van der Waals surface area contributed by atoms with E-state index in [4.69, 9.17) is 0 Å². The van der Waals surface area contributed by atoms with Gasteiger partial charge in [0.2, 0.25) is 0 Å². The van der Waals surface area contributed by atoms with E-state index in [0.29, 0.717) is 0 Å². The standard InChI is InChI=1S/C9H9IN2/c1-6-3-8-9(4-7(6)2)12(10)5-11-8/h3-5H,1-2H3. The summed E-state index contributed by atoms with van der Waals surface area (Å²) in [5.41, 5.74) is 4.89. The lowest BCUT2D eigenvalue weighted by atomic mass is 10.1. The van der Waals surface area contributed by atoms with Crippen molar-refractivity contribution in [1.82, 2.24) is 7.76 Å². The molecule has 2 aromatic rings. The molecule has 0 fully saturated rings. The van der Waals surface area contributed by atoms with Gasteiger partial charge in [0.05, 0.1) is 33.9 Å². The SMILES string of the molecule is Cc1cc2ncn(I)c2cc1C. The van der Waals surface area contributed by atoms with E-state index in [-0.39, 0.29) is 0 Å². The highest BCUT2D eigenvalue weighted by atomic mass is 127. The summed E-state index contributed by atoms with van der Waals surface area (Å²) in [7, 11) is 0. The first-order valence-electron chi connectivity index (χ1n) is 3.79. The number of hydrogen-bond donors (Lipinski definition) is 0. The average Bonchev–Trinajstić information content (AvgIpc) is 2.35. The predicted octanol–water partition coefficient (Wildman–Crippen LogP) is 2.85. The van der Waals surface area contributed by atoms with Crippen LogP contribution < -0.4 is 0 Å². The molecule has 0 aliphatic rings. The second-order valence-corrected chi connectivity index (χ2v) is 4.02. The minimum atomic E-state index is 1.08. The summed E-state index contributed by atoms with van der Waals surface area (Å²) >= 11 is 2.24. The van der Waals surface area contributed by atoms with Crippen molar-refractivity contribution >= 4 is 33.9 Å². The van der Waals surface area contributed by atoms with Crippen molar-refractivity contribution in [3.05, 3.63) is 29.6 Å². The number of halogens is 1. The molecular weight excluding hydrogens is 263 g/mol. The molecule has 12 heavy (non-hydrogen) atoms. The molecule has 0 N–H and O–H groups in total. The number of aromatic nitrogens is 2. The highest BCUT2D eigenvalue weighted by Crippen LogP contribution is 2.19. The lowest BCUT2D eigenvalue weighted by molar-refractivity contribution is 1.31. The zero-order valence-electron chi connectivity index (χ0n) is 7.00. The molecule has 3 heteroatoms. The Labute approximate surface area is 85.1 Å². The highest BCUT2D eigenvalue weighted by molar-refractivity contribution is 14.1. The number of hydrogen-bond acceptors (Lipinski definition) is 1. The molecule has 0 saturated carbocycles. The maximum atomic E-state index is 4.28. The van der Waals surface area contributed by atoms with E-state index in [9.17, 15) is 0 Å². The summed E-state index contributed by atoms with van der Waals surface area (Å²) < 4.78 is 2.01. The molecule has 1 aromatic heterocycles. The Morgan fingerprint density at radius 3 is 2.67 bits per heavy atom. The highest BCUT2D eigenvalue weighted by Gasteiger charge is 2.01. The molecule has 0 spiro atoms. The fourth-order valence-corrected chi connectivity index (χ4v) is 1.75. The van der Waals surface area contributed by atoms with E-state index in [0.717, 1.165) is 5.52 Å². The average molecular weight is 272 g/mol. The van der Waals surface area contributed by atoms with Gasteiger partial charge in [-0.2, -0.15) is 0 Å². The Morgan fingerprint density at radius 1 is 1.25 bits per heavy atom. The lowest BCUT2D eigenvalue weighted by Gasteiger charge is -1.99. The smallest absolute Gasteiger partial charge is 0.105 e. The van der Waals surface area contributed by atoms with Crippen molar-refractivity contribution in [1.29, 1.82) is 0 Å². The Balaban J connectivity index is 2.87. The molecule has 0 aliphatic carbocycles. The molecule has 1 heterocycles. The molecule has 62 valence electrons. The van der Waals surface area contributed by atoms with Gasteiger partial charge in [-0.05, 0) is 37.1 Å². The number of rotatable bonds is 0. The second-order valence-electron chi connectivity index (χ2n) is 2.98. The summed E-state index contributed by atoms with van der Waals surface area (Å²) in [4.78, 5) is 4.28. The van der Waals surface area contributed by atoms with Crippen molar-refractivity contribution in [3.8, 4) is 0 Å². The molecular formula is C9H9IN2. The first kappa shape index (κ1) is 8.04. The largest absolute Gasteiger partial charge is 0.271 e. The normalized spacial score (nSPS) is 10.9. The van der Waals surface area contributed by atoms with Gasteiger partial charge in [-0.25, -0.2) is 4.98 Å². The molecule has 1 aromatic carbocycles. The molecule has 0 atom stereocenters. The molecule has 2 nitrogen and oxygen atoms in total. The van der Waals surface area contributed by atoms with Gasteiger partial charge in [-0.15, -0.1) is 0 Å². The van der Waals surface area contributed by atoms with Crippen LogP contribution >= 0.6 is 22.9 Å². The van der Waals surface area contributed by atoms with Crippen LogP contribution in [-0.4, -0.2) is 7.76 Å². The number of benzene rings is 1. The first-order chi connectivity index (χ1) is 5.68. The molecule has 0 unspecified atom stereocenters. The maximum absolute atomic E-state index is 4.28. The maximum Gasteiger partial charge on any atom is 0.105 e. The monoisotopic (exact) mass is 272 g/mol. The number of fused-ring (bicyclic) bond motifs is 1. The molecule has 0 bridgehead atoms. The number of nitrogens with zero attached hydrogens (tertiary/aromatic N) is 2. The van der Waals surface area contributed by atoms with Gasteiger partial charge in [0, 0.05) is 0 Å². The van der Waals surface area contributed by atoms with Crippen LogP contribution in [0.15, 0.2) is 18.5 Å². The van der Waals surface area contributed by atoms with Crippen molar-refractivity contribution < 1.29 is 0 Å².